The van der Waals surface area contributed by atoms with Crippen LogP contribution in [-0.2, 0) is 33.2 Å². The standard InChI is InChI=1S/C58H95NO18/c1-3-5-7-9-11-12-13-14-15-16-17-18-19-20-21-22-23-24-25-26-27-28-30-32-34-36-46(64)59-41(42(63)35-33-31-29-10-8-6-4-2)40-72-56-52(70)49(67)54(44(38-61)74-56)77-58-53(71)50(68)55(45(39-62)75-58)76-57-51(69)48(66)47(65)43(37-60)73-57/h5,7-8,10-12,14-15,17-18,20-21,23-24,33,35,41-45,47-58,60-63,65-71H,3-4,6,9,13,16,19,22,25-32,34,36-40H2,1-2H3,(H,59,64)/b7-5-,10-8+,12-11-,15-14-,18-17-,21-20-,24-23-,35-33+. The molecule has 3 rings (SSSR count). The first kappa shape index (κ1) is 68.0. The fraction of sp³-hybridized carbons (Fsp3) is 0.707. The number of hydrogen-bond acceptors (Lipinski definition) is 18. The van der Waals surface area contributed by atoms with Gasteiger partial charge in [0.15, 0.2) is 18.9 Å². The van der Waals surface area contributed by atoms with Gasteiger partial charge in [0.25, 0.3) is 0 Å². The Kier molecular flexibility index (Phi) is 36.0. The number of carbonyl (C=O) groups excluding carboxylic acids is 1. The Morgan fingerprint density at radius 2 is 0.909 bits per heavy atom. The molecule has 0 aliphatic carbocycles. The highest BCUT2D eigenvalue weighted by Crippen LogP contribution is 2.33. The molecule has 17 unspecified atom stereocenters. The number of aliphatic hydroxyl groups is 11. The van der Waals surface area contributed by atoms with Gasteiger partial charge in [-0.3, -0.25) is 4.79 Å². The zero-order chi connectivity index (χ0) is 56.2. The van der Waals surface area contributed by atoms with E-state index in [0.29, 0.717) is 12.8 Å². The number of unbranched alkanes of at least 4 members (excludes halogenated alkanes) is 8. The minimum atomic E-state index is -1.98. The lowest BCUT2D eigenvalue weighted by Crippen LogP contribution is -2.66. The predicted molar refractivity (Wildman–Crippen MR) is 290 cm³/mol. The van der Waals surface area contributed by atoms with E-state index in [0.717, 1.165) is 96.3 Å². The number of hydrogen-bond donors (Lipinski definition) is 12. The summed E-state index contributed by atoms with van der Waals surface area (Å²) in [5.41, 5.74) is 0. The molecule has 3 saturated heterocycles. The van der Waals surface area contributed by atoms with Crippen LogP contribution in [0.5, 0.6) is 0 Å². The van der Waals surface area contributed by atoms with Crippen LogP contribution in [0.3, 0.4) is 0 Å². The minimum absolute atomic E-state index is 0.210. The van der Waals surface area contributed by atoms with Crippen LogP contribution in [0.15, 0.2) is 97.2 Å². The number of nitrogens with one attached hydrogen (secondary N) is 1. The van der Waals surface area contributed by atoms with Crippen molar-refractivity contribution >= 4 is 5.91 Å². The van der Waals surface area contributed by atoms with Gasteiger partial charge in [-0.1, -0.05) is 143 Å². The summed E-state index contributed by atoms with van der Waals surface area (Å²) in [7, 11) is 0. The van der Waals surface area contributed by atoms with Crippen LogP contribution in [0.1, 0.15) is 129 Å². The first-order chi connectivity index (χ1) is 37.3. The van der Waals surface area contributed by atoms with Gasteiger partial charge in [-0.25, -0.2) is 0 Å². The summed E-state index contributed by atoms with van der Waals surface area (Å²) >= 11 is 0. The molecule has 1 amide bonds. The third-order valence-electron chi connectivity index (χ3n) is 13.3. The van der Waals surface area contributed by atoms with E-state index in [2.05, 4.69) is 104 Å². The number of carbonyl (C=O) groups is 1. The summed E-state index contributed by atoms with van der Waals surface area (Å²) in [6, 6.07) is -1.00. The third-order valence-corrected chi connectivity index (χ3v) is 13.3. The molecule has 3 aliphatic heterocycles. The molecule has 0 saturated carbocycles. The largest absolute Gasteiger partial charge is 0.394 e. The summed E-state index contributed by atoms with van der Waals surface area (Å²) in [5, 5.41) is 119. The van der Waals surface area contributed by atoms with Gasteiger partial charge in [-0.05, 0) is 77.0 Å². The van der Waals surface area contributed by atoms with Crippen molar-refractivity contribution in [2.24, 2.45) is 0 Å². The van der Waals surface area contributed by atoms with Crippen molar-refractivity contribution in [2.45, 2.75) is 234 Å². The zero-order valence-electron chi connectivity index (χ0n) is 45.4. The van der Waals surface area contributed by atoms with Crippen molar-refractivity contribution in [1.29, 1.82) is 0 Å². The molecule has 3 fully saturated rings. The van der Waals surface area contributed by atoms with Gasteiger partial charge in [0.1, 0.15) is 73.2 Å². The SMILES string of the molecule is CC/C=C\C/C=C\C/C=C\C/C=C\C/C=C\C/C=C\CCCCCCCCC(=O)NC(COC1OC(CO)C(OC2OC(CO)C(OC3OC(CO)C(O)C(O)C3O)C(O)C2O)C(O)C1O)C(O)/C=C/CC/C=C/CCC. The molecule has 77 heavy (non-hydrogen) atoms. The summed E-state index contributed by atoms with van der Waals surface area (Å²) in [6.45, 7) is 1.40. The van der Waals surface area contributed by atoms with Crippen molar-refractivity contribution in [2.75, 3.05) is 26.4 Å². The van der Waals surface area contributed by atoms with E-state index in [-0.39, 0.29) is 18.9 Å². The topological polar surface area (TPSA) is 307 Å². The molecule has 0 aromatic rings. The van der Waals surface area contributed by atoms with Gasteiger partial charge in [-0.15, -0.1) is 0 Å². The molecule has 19 heteroatoms. The van der Waals surface area contributed by atoms with Crippen LogP contribution < -0.4 is 5.32 Å². The number of amides is 1. The van der Waals surface area contributed by atoms with Crippen LogP contribution >= 0.6 is 0 Å². The average molecular weight is 1090 g/mol. The maximum atomic E-state index is 13.2. The Morgan fingerprint density at radius 1 is 0.481 bits per heavy atom. The van der Waals surface area contributed by atoms with Gasteiger partial charge >= 0.3 is 0 Å². The highest BCUT2D eigenvalue weighted by molar-refractivity contribution is 5.76. The molecule has 17 atom stereocenters. The molecule has 12 N–H and O–H groups in total. The van der Waals surface area contributed by atoms with Crippen LogP contribution in [-0.4, -0.2) is 193 Å². The first-order valence-electron chi connectivity index (χ1n) is 28.0. The summed E-state index contributed by atoms with van der Waals surface area (Å²) in [6.07, 6.45) is 23.0. The second-order valence-corrected chi connectivity index (χ2v) is 19.7. The lowest BCUT2D eigenvalue weighted by molar-refractivity contribution is -0.379. The van der Waals surface area contributed by atoms with E-state index in [1.807, 2.05) is 0 Å². The normalized spacial score (nSPS) is 31.5. The van der Waals surface area contributed by atoms with Crippen molar-refractivity contribution in [3.63, 3.8) is 0 Å². The van der Waals surface area contributed by atoms with Crippen LogP contribution in [0.2, 0.25) is 0 Å². The fourth-order valence-electron chi connectivity index (χ4n) is 8.74. The van der Waals surface area contributed by atoms with Crippen molar-refractivity contribution < 1.29 is 89.4 Å². The summed E-state index contributed by atoms with van der Waals surface area (Å²) in [5.74, 6) is -0.312. The molecule has 0 spiro atoms. The number of aliphatic hydroxyl groups excluding tert-OH is 11. The Balaban J connectivity index is 1.44. The predicted octanol–water partition coefficient (Wildman–Crippen LogP) is 3.81. The van der Waals surface area contributed by atoms with Crippen molar-refractivity contribution in [1.82, 2.24) is 5.32 Å². The molecule has 0 aromatic carbocycles. The van der Waals surface area contributed by atoms with Crippen LogP contribution in [0.4, 0.5) is 0 Å². The molecule has 0 radical (unpaired) electrons. The van der Waals surface area contributed by atoms with E-state index in [1.165, 1.54) is 0 Å². The Bertz CT molecular complexity index is 1780. The number of allylic oxidation sites excluding steroid dienone is 15. The maximum Gasteiger partial charge on any atom is 0.220 e. The van der Waals surface area contributed by atoms with Gasteiger partial charge in [0.05, 0.1) is 38.6 Å². The smallest absolute Gasteiger partial charge is 0.220 e. The van der Waals surface area contributed by atoms with E-state index in [1.54, 1.807) is 12.2 Å². The molecular formula is C58H95NO18. The second kappa shape index (κ2) is 40.8. The number of rotatable bonds is 38. The molecule has 440 valence electrons. The Labute approximate surface area is 456 Å². The maximum absolute atomic E-state index is 13.2. The zero-order valence-corrected chi connectivity index (χ0v) is 45.4. The summed E-state index contributed by atoms with van der Waals surface area (Å²) in [4.78, 5) is 13.2. The highest BCUT2D eigenvalue weighted by atomic mass is 16.8. The Morgan fingerprint density at radius 3 is 1.44 bits per heavy atom. The molecule has 0 bridgehead atoms. The second-order valence-electron chi connectivity index (χ2n) is 19.7. The first-order valence-corrected chi connectivity index (χ1v) is 28.0. The highest BCUT2D eigenvalue weighted by Gasteiger charge is 2.53. The summed E-state index contributed by atoms with van der Waals surface area (Å²) < 4.78 is 34.0. The van der Waals surface area contributed by atoms with Crippen LogP contribution in [0.25, 0.3) is 0 Å². The van der Waals surface area contributed by atoms with Gasteiger partial charge < -0.3 is 89.9 Å². The number of ether oxygens (including phenoxy) is 6. The van der Waals surface area contributed by atoms with E-state index in [9.17, 15) is 61.0 Å². The molecule has 19 nitrogen and oxygen atoms in total. The quantitative estimate of drug-likeness (QED) is 0.0309. The average Bonchev–Trinajstić information content (AvgIpc) is 3.43. The molecule has 3 aliphatic rings. The van der Waals surface area contributed by atoms with Crippen molar-refractivity contribution in [3.05, 3.63) is 97.2 Å². The van der Waals surface area contributed by atoms with Crippen molar-refractivity contribution in [3.8, 4) is 0 Å². The monoisotopic (exact) mass is 1090 g/mol. The van der Waals surface area contributed by atoms with E-state index in [4.69, 9.17) is 28.4 Å². The molecule has 0 aromatic heterocycles. The third kappa shape index (κ3) is 25.4. The molecule has 3 heterocycles. The lowest BCUT2D eigenvalue weighted by Gasteiger charge is -2.48. The van der Waals surface area contributed by atoms with Gasteiger partial charge in [0.2, 0.25) is 5.91 Å². The van der Waals surface area contributed by atoms with Crippen LogP contribution in [0, 0.1) is 0 Å². The van der Waals surface area contributed by atoms with Gasteiger partial charge in [0, 0.05) is 6.42 Å². The lowest BCUT2D eigenvalue weighted by atomic mass is 9.96. The van der Waals surface area contributed by atoms with E-state index < -0.39 is 124 Å². The minimum Gasteiger partial charge on any atom is -0.394 e. The Hall–Kier alpha value is -3.29. The molecular weight excluding hydrogens is 999 g/mol. The van der Waals surface area contributed by atoms with E-state index >= 15 is 0 Å². The fourth-order valence-corrected chi connectivity index (χ4v) is 8.74. The van der Waals surface area contributed by atoms with Gasteiger partial charge in [-0.2, -0.15) is 0 Å².